The third-order valence-corrected chi connectivity index (χ3v) is 9.49. The van der Waals surface area contributed by atoms with Crippen molar-refractivity contribution in [2.75, 3.05) is 7.11 Å². The quantitative estimate of drug-likeness (QED) is 0.641. The van der Waals surface area contributed by atoms with Crippen LogP contribution in [0.25, 0.3) is 6.08 Å². The fourth-order valence-corrected chi connectivity index (χ4v) is 3.81. The molecule has 0 aliphatic heterocycles. The van der Waals surface area contributed by atoms with Gasteiger partial charge in [0.25, 0.3) is 0 Å². The van der Waals surface area contributed by atoms with Crippen LogP contribution in [0.4, 0.5) is 4.79 Å². The van der Waals surface area contributed by atoms with Crippen LogP contribution in [-0.2, 0) is 9.16 Å². The van der Waals surface area contributed by atoms with E-state index in [2.05, 4.69) is 53.0 Å². The van der Waals surface area contributed by atoms with E-state index in [1.54, 1.807) is 0 Å². The molecule has 4 nitrogen and oxygen atoms in total. The van der Waals surface area contributed by atoms with Crippen LogP contribution in [0, 0.1) is 5.92 Å². The summed E-state index contributed by atoms with van der Waals surface area (Å²) in [6.07, 6.45) is 3.45. The predicted molar refractivity (Wildman–Crippen MR) is 112 cm³/mol. The van der Waals surface area contributed by atoms with E-state index in [9.17, 15) is 4.79 Å². The second kappa shape index (κ2) is 9.37. The van der Waals surface area contributed by atoms with E-state index in [1.165, 1.54) is 7.11 Å². The Kier molecular flexibility index (Phi) is 8.09. The van der Waals surface area contributed by atoms with Crippen LogP contribution >= 0.6 is 0 Å². The zero-order valence-corrected chi connectivity index (χ0v) is 18.5. The first-order valence-electron chi connectivity index (χ1n) is 9.23. The number of carbonyl (C=O) groups excluding carboxylic acids is 1. The summed E-state index contributed by atoms with van der Waals surface area (Å²) >= 11 is 0. The Morgan fingerprint density at radius 3 is 2.19 bits per heavy atom. The van der Waals surface area contributed by atoms with Gasteiger partial charge in [-0.2, -0.15) is 0 Å². The van der Waals surface area contributed by atoms with Gasteiger partial charge in [0.1, 0.15) is 0 Å². The van der Waals surface area contributed by atoms with Crippen LogP contribution in [0.1, 0.15) is 40.2 Å². The summed E-state index contributed by atoms with van der Waals surface area (Å²) in [5.41, 5.74) is 1.08. The number of hydrogen-bond acceptors (Lipinski definition) is 3. The molecule has 0 spiro atoms. The molecule has 1 rings (SSSR count). The highest BCUT2D eigenvalue weighted by molar-refractivity contribution is 6.74. The van der Waals surface area contributed by atoms with Crippen LogP contribution in [0.5, 0.6) is 0 Å². The Morgan fingerprint density at radius 1 is 1.15 bits per heavy atom. The van der Waals surface area contributed by atoms with Crippen LogP contribution in [-0.4, -0.2) is 33.7 Å². The minimum atomic E-state index is -1.99. The van der Waals surface area contributed by atoms with Gasteiger partial charge in [-0.1, -0.05) is 77.1 Å². The zero-order chi connectivity index (χ0) is 20.0. The number of rotatable bonds is 7. The Hall–Kier alpha value is -1.59. The SMILES string of the molecule is COC(=O)N[C@H](/C=C/c1ccccc1)[C@@H](O[Si](C)(C)C(C)(C)C)C(C)C. The number of carbonyl (C=O) groups is 1. The number of benzene rings is 1. The monoisotopic (exact) mass is 377 g/mol. The number of nitrogens with one attached hydrogen (secondary N) is 1. The molecule has 0 aromatic heterocycles. The molecule has 1 amide bonds. The van der Waals surface area contributed by atoms with Crippen molar-refractivity contribution in [1.82, 2.24) is 5.32 Å². The molecular formula is C21H35NO3Si. The third-order valence-electron chi connectivity index (χ3n) is 5.01. The van der Waals surface area contributed by atoms with Crippen molar-refractivity contribution in [3.8, 4) is 0 Å². The van der Waals surface area contributed by atoms with E-state index < -0.39 is 14.4 Å². The highest BCUT2D eigenvalue weighted by Gasteiger charge is 2.41. The van der Waals surface area contributed by atoms with E-state index in [1.807, 2.05) is 42.5 Å². The molecule has 0 saturated carbocycles. The molecule has 0 unspecified atom stereocenters. The Labute approximate surface area is 160 Å². The van der Waals surface area contributed by atoms with Crippen molar-refractivity contribution in [2.45, 2.75) is 64.9 Å². The lowest BCUT2D eigenvalue weighted by molar-refractivity contribution is 0.101. The van der Waals surface area contributed by atoms with E-state index in [0.29, 0.717) is 0 Å². The standard InChI is InChI=1S/C21H35NO3Si/c1-16(2)19(25-26(7,8)21(3,4)5)18(22-20(23)24-6)15-14-17-12-10-9-11-13-17/h9-16,18-19H,1-8H3,(H,22,23)/b15-14+/t18-,19+/m1/s1. The molecule has 0 aliphatic rings. The Bertz CT molecular complexity index is 591. The van der Waals surface area contributed by atoms with Crippen molar-refractivity contribution >= 4 is 20.5 Å². The lowest BCUT2D eigenvalue weighted by Crippen LogP contribution is -2.53. The average Bonchev–Trinajstić information content (AvgIpc) is 2.56. The van der Waals surface area contributed by atoms with E-state index in [-0.39, 0.29) is 23.1 Å². The molecule has 0 bridgehead atoms. The van der Waals surface area contributed by atoms with Gasteiger partial charge in [-0.3, -0.25) is 0 Å². The van der Waals surface area contributed by atoms with Gasteiger partial charge in [-0.15, -0.1) is 0 Å². The molecule has 0 fully saturated rings. The third kappa shape index (κ3) is 6.61. The van der Waals surface area contributed by atoms with Crippen molar-refractivity contribution < 1.29 is 14.0 Å². The summed E-state index contributed by atoms with van der Waals surface area (Å²) in [6, 6.07) is 9.77. The molecule has 0 radical (unpaired) electrons. The summed E-state index contributed by atoms with van der Waals surface area (Å²) in [6.45, 7) is 15.4. The summed E-state index contributed by atoms with van der Waals surface area (Å²) in [4.78, 5) is 11.9. The lowest BCUT2D eigenvalue weighted by atomic mass is 9.98. The Morgan fingerprint density at radius 2 is 1.73 bits per heavy atom. The maximum absolute atomic E-state index is 11.9. The minimum Gasteiger partial charge on any atom is -0.453 e. The molecule has 26 heavy (non-hydrogen) atoms. The molecule has 0 saturated heterocycles. The molecule has 0 aliphatic carbocycles. The number of amides is 1. The van der Waals surface area contributed by atoms with Crippen LogP contribution in [0.3, 0.4) is 0 Å². The van der Waals surface area contributed by atoms with Crippen molar-refractivity contribution in [1.29, 1.82) is 0 Å². The predicted octanol–water partition coefficient (Wildman–Crippen LogP) is 5.47. The molecule has 146 valence electrons. The maximum atomic E-state index is 11.9. The molecule has 5 heteroatoms. The highest BCUT2D eigenvalue weighted by Crippen LogP contribution is 2.38. The smallest absolute Gasteiger partial charge is 0.407 e. The van der Waals surface area contributed by atoms with Gasteiger partial charge in [0, 0.05) is 0 Å². The first-order valence-corrected chi connectivity index (χ1v) is 12.1. The number of alkyl carbamates (subject to hydrolysis) is 1. The molecule has 0 heterocycles. The summed E-state index contributed by atoms with van der Waals surface area (Å²) in [5, 5.41) is 3.04. The van der Waals surface area contributed by atoms with Crippen LogP contribution in [0.2, 0.25) is 18.1 Å². The second-order valence-electron chi connectivity index (χ2n) is 8.52. The summed E-state index contributed by atoms with van der Waals surface area (Å²) < 4.78 is 11.5. The van der Waals surface area contributed by atoms with Crippen LogP contribution in [0.15, 0.2) is 36.4 Å². The van der Waals surface area contributed by atoms with Gasteiger partial charge in [-0.25, -0.2) is 4.79 Å². The lowest BCUT2D eigenvalue weighted by Gasteiger charge is -2.42. The van der Waals surface area contributed by atoms with Gasteiger partial charge in [0.2, 0.25) is 0 Å². The first kappa shape index (κ1) is 22.4. The second-order valence-corrected chi connectivity index (χ2v) is 13.3. The summed E-state index contributed by atoms with van der Waals surface area (Å²) in [5.74, 6) is 0.242. The normalized spacial score (nSPS) is 15.1. The van der Waals surface area contributed by atoms with Crippen molar-refractivity contribution in [2.24, 2.45) is 5.92 Å². The van der Waals surface area contributed by atoms with Gasteiger partial charge in [0.15, 0.2) is 8.32 Å². The number of methoxy groups -OCH3 is 1. The maximum Gasteiger partial charge on any atom is 0.407 e. The van der Waals surface area contributed by atoms with E-state index in [4.69, 9.17) is 9.16 Å². The first-order chi connectivity index (χ1) is 12.0. The topological polar surface area (TPSA) is 47.6 Å². The summed E-state index contributed by atoms with van der Waals surface area (Å²) in [7, 11) is -0.608. The number of ether oxygens (including phenoxy) is 1. The Balaban J connectivity index is 3.13. The fraction of sp³-hybridized carbons (Fsp3) is 0.571. The minimum absolute atomic E-state index is 0.0963. The van der Waals surface area contributed by atoms with Crippen molar-refractivity contribution in [3.05, 3.63) is 42.0 Å². The molecular weight excluding hydrogens is 342 g/mol. The average molecular weight is 378 g/mol. The number of hydrogen-bond donors (Lipinski definition) is 1. The largest absolute Gasteiger partial charge is 0.453 e. The highest BCUT2D eigenvalue weighted by atomic mass is 28.4. The zero-order valence-electron chi connectivity index (χ0n) is 17.5. The molecule has 1 aromatic carbocycles. The van der Waals surface area contributed by atoms with Gasteiger partial charge < -0.3 is 14.5 Å². The van der Waals surface area contributed by atoms with Crippen molar-refractivity contribution in [3.63, 3.8) is 0 Å². The molecule has 1 N–H and O–H groups in total. The van der Waals surface area contributed by atoms with Gasteiger partial charge >= 0.3 is 6.09 Å². The van der Waals surface area contributed by atoms with Gasteiger partial charge in [-0.05, 0) is 29.6 Å². The fourth-order valence-electron chi connectivity index (χ4n) is 2.35. The molecule has 2 atom stereocenters. The van der Waals surface area contributed by atoms with E-state index in [0.717, 1.165) is 5.56 Å². The molecule has 1 aromatic rings. The van der Waals surface area contributed by atoms with Gasteiger partial charge in [0.05, 0.1) is 19.3 Å². The van der Waals surface area contributed by atoms with Crippen LogP contribution < -0.4 is 5.32 Å². The van der Waals surface area contributed by atoms with E-state index >= 15 is 0 Å².